The normalized spacial score (nSPS) is 16.0. The molecule has 5 heteroatoms. The average Bonchev–Trinajstić information content (AvgIpc) is 3.47. The molecule has 1 aliphatic rings. The number of hydrogen-bond donors (Lipinski definition) is 2. The van der Waals surface area contributed by atoms with Crippen LogP contribution in [0.3, 0.4) is 0 Å². The van der Waals surface area contributed by atoms with Crippen LogP contribution in [-0.4, -0.2) is 25.6 Å². The summed E-state index contributed by atoms with van der Waals surface area (Å²) in [5, 5.41) is 3.14. The van der Waals surface area contributed by atoms with E-state index in [9.17, 15) is 4.79 Å². The minimum Gasteiger partial charge on any atom is -0.497 e. The Bertz CT molecular complexity index is 727. The van der Waals surface area contributed by atoms with E-state index in [2.05, 4.69) is 33.4 Å². The van der Waals surface area contributed by atoms with Crippen molar-refractivity contribution in [1.82, 2.24) is 5.32 Å². The second-order valence-electron chi connectivity index (χ2n) is 6.97. The van der Waals surface area contributed by atoms with Gasteiger partial charge in [-0.15, -0.1) is 0 Å². The number of carbonyl (C=O) groups excluding carboxylic acids is 1. The van der Waals surface area contributed by atoms with Gasteiger partial charge in [0.05, 0.1) is 19.2 Å². The maximum Gasteiger partial charge on any atom is 0.275 e. The molecule has 1 fully saturated rings. The Kier molecular flexibility index (Phi) is 6.33. The molecule has 2 atom stereocenters. The molecule has 2 aromatic rings. The first-order valence-corrected chi connectivity index (χ1v) is 9.87. The minimum atomic E-state index is 0.0111. The Morgan fingerprint density at radius 3 is 2.42 bits per heavy atom. The van der Waals surface area contributed by atoms with Crippen molar-refractivity contribution < 1.29 is 14.4 Å². The molecule has 0 bridgehead atoms. The standard InChI is InChI=1S/C21H25BrN2O2/c1-15(17-5-7-18(22)8-6-17)23-21(25)14-24(19-9-10-19)13-16-3-11-20(26-2)12-4-16/h3-8,11-12,15,19H,9-10,13-14H2,1-2H3,(H,23,25)/p+1/t15-/m1/s1. The van der Waals surface area contributed by atoms with E-state index in [1.165, 1.54) is 23.3 Å². The molecule has 0 spiro atoms. The summed E-state index contributed by atoms with van der Waals surface area (Å²) in [6, 6.07) is 16.8. The first-order chi connectivity index (χ1) is 12.5. The number of ether oxygens (including phenoxy) is 1. The Morgan fingerprint density at radius 2 is 1.85 bits per heavy atom. The zero-order valence-corrected chi connectivity index (χ0v) is 16.9. The zero-order chi connectivity index (χ0) is 18.5. The molecule has 0 saturated heterocycles. The summed E-state index contributed by atoms with van der Waals surface area (Å²) in [6.07, 6.45) is 2.42. The fourth-order valence-electron chi connectivity index (χ4n) is 3.18. The summed E-state index contributed by atoms with van der Waals surface area (Å²) in [5.74, 6) is 0.971. The number of carbonyl (C=O) groups is 1. The first-order valence-electron chi connectivity index (χ1n) is 9.07. The highest BCUT2D eigenvalue weighted by atomic mass is 79.9. The molecule has 1 unspecified atom stereocenters. The molecule has 1 aliphatic carbocycles. The summed E-state index contributed by atoms with van der Waals surface area (Å²) in [6.45, 7) is 3.41. The van der Waals surface area contributed by atoms with Crippen molar-refractivity contribution in [2.75, 3.05) is 13.7 Å². The van der Waals surface area contributed by atoms with Crippen molar-refractivity contribution in [3.8, 4) is 5.75 Å². The van der Waals surface area contributed by atoms with Gasteiger partial charge in [0, 0.05) is 22.9 Å². The molecular formula is C21H26BrN2O2+. The van der Waals surface area contributed by atoms with E-state index in [4.69, 9.17) is 4.74 Å². The maximum absolute atomic E-state index is 12.6. The van der Waals surface area contributed by atoms with Crippen molar-refractivity contribution >= 4 is 21.8 Å². The van der Waals surface area contributed by atoms with Gasteiger partial charge in [-0.1, -0.05) is 28.1 Å². The van der Waals surface area contributed by atoms with Gasteiger partial charge in [0.25, 0.3) is 5.91 Å². The smallest absolute Gasteiger partial charge is 0.275 e. The number of methoxy groups -OCH3 is 1. The van der Waals surface area contributed by atoms with Gasteiger partial charge in [-0.05, 0) is 48.9 Å². The Morgan fingerprint density at radius 1 is 1.19 bits per heavy atom. The fourth-order valence-corrected chi connectivity index (χ4v) is 3.45. The second kappa shape index (κ2) is 8.69. The van der Waals surface area contributed by atoms with Gasteiger partial charge in [-0.3, -0.25) is 4.79 Å². The van der Waals surface area contributed by atoms with Crippen molar-refractivity contribution in [3.05, 3.63) is 64.1 Å². The molecule has 0 radical (unpaired) electrons. The van der Waals surface area contributed by atoms with E-state index in [0.717, 1.165) is 22.3 Å². The summed E-state index contributed by atoms with van der Waals surface area (Å²) >= 11 is 3.44. The molecule has 2 aromatic carbocycles. The van der Waals surface area contributed by atoms with E-state index in [0.29, 0.717) is 12.6 Å². The monoisotopic (exact) mass is 417 g/mol. The number of halogens is 1. The lowest BCUT2D eigenvalue weighted by Gasteiger charge is -2.21. The van der Waals surface area contributed by atoms with E-state index in [1.54, 1.807) is 7.11 Å². The lowest BCUT2D eigenvalue weighted by molar-refractivity contribution is -0.917. The zero-order valence-electron chi connectivity index (χ0n) is 15.3. The molecular weight excluding hydrogens is 392 g/mol. The number of benzene rings is 2. The Hall–Kier alpha value is -1.85. The molecule has 2 N–H and O–H groups in total. The van der Waals surface area contributed by atoms with Gasteiger partial charge in [0.2, 0.25) is 0 Å². The summed E-state index contributed by atoms with van der Waals surface area (Å²) in [7, 11) is 1.67. The number of nitrogens with one attached hydrogen (secondary N) is 2. The van der Waals surface area contributed by atoms with Crippen LogP contribution in [0.15, 0.2) is 53.0 Å². The highest BCUT2D eigenvalue weighted by Crippen LogP contribution is 2.18. The van der Waals surface area contributed by atoms with Gasteiger partial charge >= 0.3 is 0 Å². The lowest BCUT2D eigenvalue weighted by Crippen LogP contribution is -3.13. The second-order valence-corrected chi connectivity index (χ2v) is 7.89. The van der Waals surface area contributed by atoms with Crippen LogP contribution in [0.25, 0.3) is 0 Å². The predicted molar refractivity (Wildman–Crippen MR) is 106 cm³/mol. The van der Waals surface area contributed by atoms with Crippen molar-refractivity contribution in [3.63, 3.8) is 0 Å². The summed E-state index contributed by atoms with van der Waals surface area (Å²) in [4.78, 5) is 13.9. The van der Waals surface area contributed by atoms with Crippen molar-refractivity contribution in [1.29, 1.82) is 0 Å². The summed E-state index contributed by atoms with van der Waals surface area (Å²) < 4.78 is 6.26. The highest BCUT2D eigenvalue weighted by Gasteiger charge is 2.34. The number of hydrogen-bond acceptors (Lipinski definition) is 2. The Labute approximate surface area is 163 Å². The molecule has 4 nitrogen and oxygen atoms in total. The third kappa shape index (κ3) is 5.32. The van der Waals surface area contributed by atoms with Gasteiger partial charge in [0.1, 0.15) is 12.3 Å². The van der Waals surface area contributed by atoms with E-state index >= 15 is 0 Å². The molecule has 0 aromatic heterocycles. The molecule has 1 saturated carbocycles. The highest BCUT2D eigenvalue weighted by molar-refractivity contribution is 9.10. The molecule has 3 rings (SSSR count). The van der Waals surface area contributed by atoms with Crippen LogP contribution in [0, 0.1) is 0 Å². The predicted octanol–water partition coefficient (Wildman–Crippen LogP) is 2.88. The van der Waals surface area contributed by atoms with Crippen LogP contribution in [0.1, 0.15) is 36.9 Å². The molecule has 0 aliphatic heterocycles. The third-order valence-corrected chi connectivity index (χ3v) is 5.41. The molecule has 0 heterocycles. The third-order valence-electron chi connectivity index (χ3n) is 4.88. The molecule has 138 valence electrons. The van der Waals surface area contributed by atoms with Crippen LogP contribution in [0.4, 0.5) is 0 Å². The SMILES string of the molecule is COc1ccc(C[NH+](CC(=O)N[C@H](C)c2ccc(Br)cc2)C2CC2)cc1. The number of amides is 1. The van der Waals surface area contributed by atoms with Crippen LogP contribution in [0.2, 0.25) is 0 Å². The van der Waals surface area contributed by atoms with Gasteiger partial charge in [0.15, 0.2) is 6.54 Å². The quantitative estimate of drug-likeness (QED) is 0.693. The first kappa shape index (κ1) is 18.9. The summed E-state index contributed by atoms with van der Waals surface area (Å²) in [5.41, 5.74) is 2.35. The van der Waals surface area contributed by atoms with Crippen LogP contribution < -0.4 is 15.0 Å². The van der Waals surface area contributed by atoms with E-state index < -0.39 is 0 Å². The minimum absolute atomic E-state index is 0.0111. The maximum atomic E-state index is 12.6. The van der Waals surface area contributed by atoms with Gasteiger partial charge in [-0.25, -0.2) is 0 Å². The average molecular weight is 418 g/mol. The molecule has 1 amide bonds. The fraction of sp³-hybridized carbons (Fsp3) is 0.381. The topological polar surface area (TPSA) is 42.8 Å². The Balaban J connectivity index is 1.56. The van der Waals surface area contributed by atoms with E-state index in [-0.39, 0.29) is 11.9 Å². The van der Waals surface area contributed by atoms with Gasteiger partial charge < -0.3 is 15.0 Å². The molecule has 26 heavy (non-hydrogen) atoms. The number of rotatable bonds is 8. The van der Waals surface area contributed by atoms with Crippen LogP contribution in [-0.2, 0) is 11.3 Å². The largest absolute Gasteiger partial charge is 0.497 e. The van der Waals surface area contributed by atoms with Crippen LogP contribution >= 0.6 is 15.9 Å². The van der Waals surface area contributed by atoms with Crippen molar-refractivity contribution in [2.45, 2.75) is 38.4 Å². The van der Waals surface area contributed by atoms with E-state index in [1.807, 2.05) is 43.3 Å². The van der Waals surface area contributed by atoms with Crippen molar-refractivity contribution in [2.24, 2.45) is 0 Å². The lowest BCUT2D eigenvalue weighted by atomic mass is 10.1. The van der Waals surface area contributed by atoms with Crippen LogP contribution in [0.5, 0.6) is 5.75 Å². The van der Waals surface area contributed by atoms with Gasteiger partial charge in [-0.2, -0.15) is 0 Å². The number of quaternary nitrogens is 1.